The van der Waals surface area contributed by atoms with Crippen molar-refractivity contribution in [2.45, 2.75) is 20.3 Å². The van der Waals surface area contributed by atoms with Crippen molar-refractivity contribution in [1.29, 1.82) is 0 Å². The molecule has 100 valence electrons. The van der Waals surface area contributed by atoms with Crippen LogP contribution in [0.15, 0.2) is 35.2 Å². The Morgan fingerprint density at radius 1 is 1.42 bits per heavy atom. The minimum atomic E-state index is -0.175. The number of nitrogens with one attached hydrogen (secondary N) is 2. The highest BCUT2D eigenvalue weighted by molar-refractivity contribution is 6.08. The van der Waals surface area contributed by atoms with Crippen LogP contribution in [-0.2, 0) is 0 Å². The van der Waals surface area contributed by atoms with Crippen LogP contribution in [0.25, 0.3) is 0 Å². The fourth-order valence-electron chi connectivity index (χ4n) is 1.72. The Bertz CT molecular complexity index is 550. The number of amides is 1. The molecule has 0 saturated carbocycles. The van der Waals surface area contributed by atoms with E-state index in [9.17, 15) is 4.79 Å². The quantitative estimate of drug-likeness (QED) is 0.866. The molecule has 0 fully saturated rings. The third-order valence-corrected chi connectivity index (χ3v) is 2.68. The van der Waals surface area contributed by atoms with E-state index in [1.807, 2.05) is 25.1 Å². The Morgan fingerprint density at radius 2 is 2.26 bits per heavy atom. The molecular formula is C14H17N3O2. The summed E-state index contributed by atoms with van der Waals surface area (Å²) in [6, 6.07) is 5.77. The Morgan fingerprint density at radius 3 is 2.95 bits per heavy atom. The molecular weight excluding hydrogens is 242 g/mol. The second-order valence-electron chi connectivity index (χ2n) is 4.34. The molecule has 0 bridgehead atoms. The average molecular weight is 259 g/mol. The smallest absolute Gasteiger partial charge is 0.257 e. The van der Waals surface area contributed by atoms with E-state index in [1.54, 1.807) is 0 Å². The van der Waals surface area contributed by atoms with Gasteiger partial charge < -0.3 is 15.2 Å². The minimum Gasteiger partial charge on any atom is -0.384 e. The first-order valence-electron chi connectivity index (χ1n) is 6.26. The number of nitrogens with zero attached hydrogens (tertiary/aromatic N) is 1. The predicted molar refractivity (Wildman–Crippen MR) is 74.4 cm³/mol. The van der Waals surface area contributed by atoms with Crippen LogP contribution in [0.4, 0.5) is 11.4 Å². The van der Waals surface area contributed by atoms with Crippen LogP contribution in [-0.4, -0.2) is 17.6 Å². The summed E-state index contributed by atoms with van der Waals surface area (Å²) in [4.78, 5) is 12.2. The van der Waals surface area contributed by atoms with Crippen molar-refractivity contribution >= 4 is 17.3 Å². The fraction of sp³-hybridized carbons (Fsp3) is 0.286. The van der Waals surface area contributed by atoms with Crippen LogP contribution in [0.3, 0.4) is 0 Å². The number of aryl methyl sites for hydroxylation is 1. The summed E-state index contributed by atoms with van der Waals surface area (Å²) in [5, 5.41) is 9.55. The lowest BCUT2D eigenvalue weighted by atomic mass is 10.1. The SMILES string of the molecule is CCCNc1ccc(C)cc1C(=O)Nc1cnoc1. The molecule has 0 aliphatic carbocycles. The summed E-state index contributed by atoms with van der Waals surface area (Å²) < 4.78 is 4.69. The van der Waals surface area contributed by atoms with E-state index in [-0.39, 0.29) is 5.91 Å². The summed E-state index contributed by atoms with van der Waals surface area (Å²) in [6.07, 6.45) is 3.86. The Hall–Kier alpha value is -2.30. The molecule has 0 aliphatic rings. The van der Waals surface area contributed by atoms with E-state index < -0.39 is 0 Å². The number of aromatic nitrogens is 1. The first-order chi connectivity index (χ1) is 9.20. The monoisotopic (exact) mass is 259 g/mol. The lowest BCUT2D eigenvalue weighted by Crippen LogP contribution is -2.15. The summed E-state index contributed by atoms with van der Waals surface area (Å²) in [5.74, 6) is -0.175. The Labute approximate surface area is 112 Å². The van der Waals surface area contributed by atoms with Gasteiger partial charge in [-0.1, -0.05) is 23.7 Å². The van der Waals surface area contributed by atoms with Crippen molar-refractivity contribution in [2.24, 2.45) is 0 Å². The third kappa shape index (κ3) is 3.34. The average Bonchev–Trinajstić information content (AvgIpc) is 2.90. The van der Waals surface area contributed by atoms with Crippen LogP contribution < -0.4 is 10.6 Å². The summed E-state index contributed by atoms with van der Waals surface area (Å²) in [6.45, 7) is 4.87. The highest BCUT2D eigenvalue weighted by Crippen LogP contribution is 2.19. The summed E-state index contributed by atoms with van der Waals surface area (Å²) in [5.41, 5.74) is 3.04. The molecule has 2 N–H and O–H groups in total. The van der Waals surface area contributed by atoms with Gasteiger partial charge in [0.1, 0.15) is 12.0 Å². The van der Waals surface area contributed by atoms with Crippen LogP contribution >= 0.6 is 0 Å². The van der Waals surface area contributed by atoms with Gasteiger partial charge in [0.2, 0.25) is 0 Å². The lowest BCUT2D eigenvalue weighted by molar-refractivity contribution is 0.102. The molecule has 0 spiro atoms. The largest absolute Gasteiger partial charge is 0.384 e. The molecule has 0 saturated heterocycles. The normalized spacial score (nSPS) is 10.2. The molecule has 5 nitrogen and oxygen atoms in total. The second kappa shape index (κ2) is 6.04. The molecule has 2 rings (SSSR count). The van der Waals surface area contributed by atoms with E-state index in [2.05, 4.69) is 27.2 Å². The first-order valence-corrected chi connectivity index (χ1v) is 6.26. The van der Waals surface area contributed by atoms with Gasteiger partial charge in [-0.3, -0.25) is 4.79 Å². The molecule has 0 atom stereocenters. The second-order valence-corrected chi connectivity index (χ2v) is 4.34. The van der Waals surface area contributed by atoms with Crippen LogP contribution in [0.2, 0.25) is 0 Å². The van der Waals surface area contributed by atoms with Gasteiger partial charge in [-0.25, -0.2) is 0 Å². The zero-order chi connectivity index (χ0) is 13.7. The molecule has 0 aliphatic heterocycles. The van der Waals surface area contributed by atoms with Crippen molar-refractivity contribution in [3.63, 3.8) is 0 Å². The Balaban J connectivity index is 2.21. The molecule has 1 heterocycles. The van der Waals surface area contributed by atoms with Gasteiger partial charge in [0.05, 0.1) is 11.8 Å². The molecule has 19 heavy (non-hydrogen) atoms. The number of rotatable bonds is 5. The van der Waals surface area contributed by atoms with Crippen molar-refractivity contribution in [1.82, 2.24) is 5.16 Å². The van der Waals surface area contributed by atoms with Crippen molar-refractivity contribution in [3.05, 3.63) is 41.8 Å². The molecule has 2 aromatic rings. The topological polar surface area (TPSA) is 67.2 Å². The highest BCUT2D eigenvalue weighted by atomic mass is 16.5. The maximum absolute atomic E-state index is 12.2. The van der Waals surface area contributed by atoms with Gasteiger partial charge in [-0.05, 0) is 25.5 Å². The number of hydrogen-bond acceptors (Lipinski definition) is 4. The van der Waals surface area contributed by atoms with Crippen molar-refractivity contribution in [3.8, 4) is 0 Å². The number of carbonyl (C=O) groups is 1. The van der Waals surface area contributed by atoms with Gasteiger partial charge in [0, 0.05) is 12.2 Å². The van der Waals surface area contributed by atoms with Gasteiger partial charge in [-0.2, -0.15) is 0 Å². The maximum atomic E-state index is 12.2. The van der Waals surface area contributed by atoms with E-state index in [0.29, 0.717) is 11.3 Å². The number of benzene rings is 1. The maximum Gasteiger partial charge on any atom is 0.257 e. The standard InChI is InChI=1S/C14H17N3O2/c1-3-6-15-13-5-4-10(2)7-12(13)14(18)17-11-8-16-19-9-11/h4-5,7-9,15H,3,6H2,1-2H3,(H,17,18). The molecule has 5 heteroatoms. The van der Waals surface area contributed by atoms with Crippen molar-refractivity contribution < 1.29 is 9.32 Å². The minimum absolute atomic E-state index is 0.175. The molecule has 0 unspecified atom stereocenters. The van der Waals surface area contributed by atoms with E-state index in [0.717, 1.165) is 24.2 Å². The summed E-state index contributed by atoms with van der Waals surface area (Å²) in [7, 11) is 0. The van der Waals surface area contributed by atoms with Gasteiger partial charge in [0.15, 0.2) is 0 Å². The van der Waals surface area contributed by atoms with Crippen molar-refractivity contribution in [2.75, 3.05) is 17.2 Å². The van der Waals surface area contributed by atoms with Crippen LogP contribution in [0.1, 0.15) is 29.3 Å². The fourth-order valence-corrected chi connectivity index (χ4v) is 1.72. The van der Waals surface area contributed by atoms with Crippen LogP contribution in [0.5, 0.6) is 0 Å². The highest BCUT2D eigenvalue weighted by Gasteiger charge is 2.12. The van der Waals surface area contributed by atoms with E-state index in [1.165, 1.54) is 12.5 Å². The summed E-state index contributed by atoms with van der Waals surface area (Å²) >= 11 is 0. The lowest BCUT2D eigenvalue weighted by Gasteiger charge is -2.11. The zero-order valence-corrected chi connectivity index (χ0v) is 11.1. The third-order valence-electron chi connectivity index (χ3n) is 2.68. The Kier molecular flexibility index (Phi) is 4.18. The number of anilines is 2. The van der Waals surface area contributed by atoms with Gasteiger partial charge in [-0.15, -0.1) is 0 Å². The van der Waals surface area contributed by atoms with E-state index in [4.69, 9.17) is 0 Å². The molecule has 1 amide bonds. The molecule has 1 aromatic heterocycles. The number of carbonyl (C=O) groups excluding carboxylic acids is 1. The predicted octanol–water partition coefficient (Wildman–Crippen LogP) is 3.06. The molecule has 1 aromatic carbocycles. The van der Waals surface area contributed by atoms with Gasteiger partial charge in [0.25, 0.3) is 5.91 Å². The zero-order valence-electron chi connectivity index (χ0n) is 11.1. The van der Waals surface area contributed by atoms with Gasteiger partial charge >= 0.3 is 0 Å². The first kappa shape index (κ1) is 13.1. The van der Waals surface area contributed by atoms with Crippen LogP contribution in [0, 0.1) is 6.92 Å². The number of hydrogen-bond donors (Lipinski definition) is 2. The molecule has 0 radical (unpaired) electrons. The van der Waals surface area contributed by atoms with E-state index >= 15 is 0 Å².